The van der Waals surface area contributed by atoms with Crippen molar-refractivity contribution in [3.63, 3.8) is 0 Å². The van der Waals surface area contributed by atoms with Crippen LogP contribution in [-0.2, 0) is 22.7 Å². The van der Waals surface area contributed by atoms with Crippen LogP contribution < -0.4 is 0 Å². The first-order chi connectivity index (χ1) is 16.6. The fraction of sp³-hybridized carbons (Fsp3) is 0.586. The van der Waals surface area contributed by atoms with Gasteiger partial charge in [-0.25, -0.2) is 0 Å². The molecule has 0 atom stereocenters. The van der Waals surface area contributed by atoms with E-state index in [4.69, 9.17) is 0 Å². The summed E-state index contributed by atoms with van der Waals surface area (Å²) >= 11 is 0. The molecule has 1 aliphatic rings. The summed E-state index contributed by atoms with van der Waals surface area (Å²) in [5.74, 6) is 0.211. The molecule has 0 radical (unpaired) electrons. The van der Waals surface area contributed by atoms with Gasteiger partial charge in [0.1, 0.15) is 0 Å². The van der Waals surface area contributed by atoms with Crippen LogP contribution in [0.5, 0.6) is 0 Å². The van der Waals surface area contributed by atoms with Crippen LogP contribution in [0.2, 0.25) is 0 Å². The van der Waals surface area contributed by atoms with Crippen molar-refractivity contribution in [3.05, 3.63) is 59.9 Å². The minimum absolute atomic E-state index is 0.0975. The maximum absolute atomic E-state index is 13.7. The SMILES string of the molecule is CCCCCN(CC(=O)N(Cc1cccn1Cc1ccccc1)C1CCCCC1)C(=O)CCC. The average molecular weight is 466 g/mol. The maximum atomic E-state index is 13.7. The van der Waals surface area contributed by atoms with Crippen LogP contribution in [0.15, 0.2) is 48.7 Å². The van der Waals surface area contributed by atoms with Gasteiger partial charge in [0.15, 0.2) is 0 Å². The third-order valence-corrected chi connectivity index (χ3v) is 6.96. The summed E-state index contributed by atoms with van der Waals surface area (Å²) in [5.41, 5.74) is 2.41. The highest BCUT2D eigenvalue weighted by atomic mass is 16.2. The molecule has 34 heavy (non-hydrogen) atoms. The van der Waals surface area contributed by atoms with E-state index in [1.54, 1.807) is 0 Å². The minimum Gasteiger partial charge on any atom is -0.345 e. The first-order valence-corrected chi connectivity index (χ1v) is 13.4. The molecule has 1 heterocycles. The molecule has 186 valence electrons. The standard InChI is InChI=1S/C29H43N3O2/c1-3-5-12-20-31(28(33)14-4-2)24-29(34)32(26-17-10-7-11-18-26)23-27-19-13-21-30(27)22-25-15-8-6-9-16-25/h6,8-9,13,15-16,19,21,26H,3-5,7,10-12,14,17-18,20,22-24H2,1-2H3. The van der Waals surface area contributed by atoms with Gasteiger partial charge in [0.2, 0.25) is 11.8 Å². The highest BCUT2D eigenvalue weighted by Gasteiger charge is 2.28. The number of carbonyl (C=O) groups excluding carboxylic acids is 2. The highest BCUT2D eigenvalue weighted by molar-refractivity contribution is 5.85. The highest BCUT2D eigenvalue weighted by Crippen LogP contribution is 2.25. The Balaban J connectivity index is 1.75. The van der Waals surface area contributed by atoms with Gasteiger partial charge < -0.3 is 14.4 Å². The normalized spacial score (nSPS) is 14.2. The number of hydrogen-bond donors (Lipinski definition) is 0. The lowest BCUT2D eigenvalue weighted by Gasteiger charge is -2.36. The van der Waals surface area contributed by atoms with Crippen LogP contribution in [0.25, 0.3) is 0 Å². The number of rotatable bonds is 13. The third-order valence-electron chi connectivity index (χ3n) is 6.96. The zero-order valence-electron chi connectivity index (χ0n) is 21.3. The van der Waals surface area contributed by atoms with Gasteiger partial charge in [-0.15, -0.1) is 0 Å². The van der Waals surface area contributed by atoms with Gasteiger partial charge in [-0.1, -0.05) is 76.3 Å². The lowest BCUT2D eigenvalue weighted by molar-refractivity contribution is -0.143. The first kappa shape index (κ1) is 26.1. The molecule has 0 N–H and O–H groups in total. The van der Waals surface area contributed by atoms with Crippen molar-refractivity contribution in [1.29, 1.82) is 0 Å². The number of amides is 2. The van der Waals surface area contributed by atoms with Crippen molar-refractivity contribution >= 4 is 11.8 Å². The summed E-state index contributed by atoms with van der Waals surface area (Å²) in [4.78, 5) is 30.4. The molecule has 1 aromatic heterocycles. The third kappa shape index (κ3) is 7.75. The van der Waals surface area contributed by atoms with E-state index < -0.39 is 0 Å². The number of aromatic nitrogens is 1. The summed E-state index contributed by atoms with van der Waals surface area (Å²) in [6, 6.07) is 14.9. The van der Waals surface area contributed by atoms with E-state index in [0.717, 1.165) is 50.8 Å². The van der Waals surface area contributed by atoms with Crippen LogP contribution >= 0.6 is 0 Å². The van der Waals surface area contributed by atoms with Crippen molar-refractivity contribution in [3.8, 4) is 0 Å². The summed E-state index contributed by atoms with van der Waals surface area (Å²) < 4.78 is 2.25. The average Bonchev–Trinajstić information content (AvgIpc) is 3.29. The number of nitrogens with zero attached hydrogens (tertiary/aromatic N) is 3. The molecule has 3 rings (SSSR count). The lowest BCUT2D eigenvalue weighted by atomic mass is 9.94. The summed E-state index contributed by atoms with van der Waals surface area (Å²) in [6.07, 6.45) is 12.3. The van der Waals surface area contributed by atoms with Crippen molar-refractivity contribution in [2.75, 3.05) is 13.1 Å². The van der Waals surface area contributed by atoms with E-state index >= 15 is 0 Å². The number of hydrogen-bond acceptors (Lipinski definition) is 2. The van der Waals surface area contributed by atoms with Gasteiger partial charge in [0.25, 0.3) is 0 Å². The zero-order chi connectivity index (χ0) is 24.2. The predicted octanol–water partition coefficient (Wildman–Crippen LogP) is 6.02. The Kier molecular flexibility index (Phi) is 10.7. The number of unbranched alkanes of at least 4 members (excludes halogenated alkanes) is 2. The smallest absolute Gasteiger partial charge is 0.242 e. The zero-order valence-corrected chi connectivity index (χ0v) is 21.3. The molecular weight excluding hydrogens is 422 g/mol. The molecule has 1 aromatic carbocycles. The van der Waals surface area contributed by atoms with Gasteiger partial charge in [-0.2, -0.15) is 0 Å². The molecule has 0 bridgehead atoms. The first-order valence-electron chi connectivity index (χ1n) is 13.4. The molecule has 2 amide bonds. The largest absolute Gasteiger partial charge is 0.345 e. The molecule has 5 nitrogen and oxygen atoms in total. The second-order valence-electron chi connectivity index (χ2n) is 9.70. The van der Waals surface area contributed by atoms with Gasteiger partial charge in [-0.3, -0.25) is 9.59 Å². The van der Waals surface area contributed by atoms with Crippen LogP contribution in [0.3, 0.4) is 0 Å². The molecule has 1 fully saturated rings. The summed E-state index contributed by atoms with van der Waals surface area (Å²) in [6.45, 7) is 6.49. The molecule has 1 aliphatic carbocycles. The Bertz CT molecular complexity index is 871. The molecule has 5 heteroatoms. The number of carbonyl (C=O) groups is 2. The molecule has 0 unspecified atom stereocenters. The predicted molar refractivity (Wildman–Crippen MR) is 138 cm³/mol. The Morgan fingerprint density at radius 2 is 1.68 bits per heavy atom. The fourth-order valence-corrected chi connectivity index (χ4v) is 4.99. The van der Waals surface area contributed by atoms with E-state index in [-0.39, 0.29) is 24.4 Å². The van der Waals surface area contributed by atoms with E-state index in [1.807, 2.05) is 17.9 Å². The van der Waals surface area contributed by atoms with Crippen LogP contribution in [-0.4, -0.2) is 45.3 Å². The second-order valence-corrected chi connectivity index (χ2v) is 9.70. The summed E-state index contributed by atoms with van der Waals surface area (Å²) in [5, 5.41) is 0. The Hall–Kier alpha value is -2.56. The van der Waals surface area contributed by atoms with Crippen molar-refractivity contribution in [1.82, 2.24) is 14.4 Å². The Labute approximate surface area is 206 Å². The Morgan fingerprint density at radius 1 is 0.912 bits per heavy atom. The maximum Gasteiger partial charge on any atom is 0.242 e. The quantitative estimate of drug-likeness (QED) is 0.340. The minimum atomic E-state index is 0.0975. The molecule has 1 saturated carbocycles. The monoisotopic (exact) mass is 465 g/mol. The topological polar surface area (TPSA) is 45.6 Å². The molecule has 0 spiro atoms. The van der Waals surface area contributed by atoms with Crippen molar-refractivity contribution < 1.29 is 9.59 Å². The fourth-order valence-electron chi connectivity index (χ4n) is 4.99. The van der Waals surface area contributed by atoms with Gasteiger partial charge in [0, 0.05) is 37.4 Å². The van der Waals surface area contributed by atoms with Gasteiger partial charge >= 0.3 is 0 Å². The lowest BCUT2D eigenvalue weighted by Crippen LogP contribution is -2.47. The van der Waals surface area contributed by atoms with E-state index in [2.05, 4.69) is 59.0 Å². The van der Waals surface area contributed by atoms with Crippen molar-refractivity contribution in [2.24, 2.45) is 0 Å². The molecular formula is C29H43N3O2. The van der Waals surface area contributed by atoms with Gasteiger partial charge in [0.05, 0.1) is 13.1 Å². The van der Waals surface area contributed by atoms with E-state index in [9.17, 15) is 9.59 Å². The van der Waals surface area contributed by atoms with E-state index in [1.165, 1.54) is 24.8 Å². The van der Waals surface area contributed by atoms with Gasteiger partial charge in [-0.05, 0) is 43.4 Å². The molecule has 0 saturated heterocycles. The summed E-state index contributed by atoms with van der Waals surface area (Å²) in [7, 11) is 0. The second kappa shape index (κ2) is 14.0. The van der Waals surface area contributed by atoms with E-state index in [0.29, 0.717) is 19.5 Å². The van der Waals surface area contributed by atoms with Crippen LogP contribution in [0.1, 0.15) is 89.3 Å². The molecule has 0 aliphatic heterocycles. The number of benzene rings is 1. The van der Waals surface area contributed by atoms with Crippen LogP contribution in [0, 0.1) is 0 Å². The van der Waals surface area contributed by atoms with Crippen LogP contribution in [0.4, 0.5) is 0 Å². The van der Waals surface area contributed by atoms with Crippen molar-refractivity contribution in [2.45, 2.75) is 97.2 Å². The molecule has 2 aromatic rings. The Morgan fingerprint density at radius 3 is 2.38 bits per heavy atom.